The lowest BCUT2D eigenvalue weighted by Crippen LogP contribution is -2.27. The Hall–Kier alpha value is -1.03. The van der Waals surface area contributed by atoms with E-state index in [-0.39, 0.29) is 5.75 Å². The maximum atomic E-state index is 9.17. The molecule has 0 bridgehead atoms. The fourth-order valence-electron chi connectivity index (χ4n) is 1.97. The van der Waals surface area contributed by atoms with E-state index >= 15 is 0 Å². The van der Waals surface area contributed by atoms with Crippen LogP contribution >= 0.6 is 0 Å². The van der Waals surface area contributed by atoms with Crippen molar-refractivity contribution in [3.8, 4) is 5.75 Å². The van der Waals surface area contributed by atoms with Crippen LogP contribution in [0.25, 0.3) is 0 Å². The van der Waals surface area contributed by atoms with E-state index in [1.807, 2.05) is 4.68 Å². The Morgan fingerprint density at radius 2 is 2.54 bits per heavy atom. The summed E-state index contributed by atoms with van der Waals surface area (Å²) in [5.74, 6) is 0.253. The molecule has 0 amide bonds. The number of likely N-dealkylation sites (tertiary alicyclic amines) is 1. The topological polar surface area (TPSA) is 41.3 Å². The molecule has 0 aromatic carbocycles. The number of aromatic nitrogens is 2. The summed E-state index contributed by atoms with van der Waals surface area (Å²) in [6, 6.07) is 0. The molecule has 1 unspecified atom stereocenters. The van der Waals surface area contributed by atoms with Gasteiger partial charge in [0.05, 0.1) is 12.4 Å². The zero-order valence-corrected chi connectivity index (χ0v) is 7.85. The first-order valence-electron chi connectivity index (χ1n) is 4.78. The molecule has 1 aromatic rings. The van der Waals surface area contributed by atoms with E-state index in [1.54, 1.807) is 6.20 Å². The van der Waals surface area contributed by atoms with Crippen LogP contribution in [0, 0.1) is 0 Å². The molecule has 0 aliphatic carbocycles. The third-order valence-corrected chi connectivity index (χ3v) is 2.63. The largest absolute Gasteiger partial charge is 0.505 e. The lowest BCUT2D eigenvalue weighted by molar-refractivity contribution is 0.188. The summed E-state index contributed by atoms with van der Waals surface area (Å²) in [5, 5.41) is 13.3. The van der Waals surface area contributed by atoms with Crippen LogP contribution in [-0.4, -0.2) is 32.9 Å². The lowest BCUT2D eigenvalue weighted by Gasteiger charge is -2.22. The number of rotatable bonds is 2. The van der Waals surface area contributed by atoms with Gasteiger partial charge in [0, 0.05) is 6.54 Å². The molecule has 1 N–H and O–H groups in total. The molecule has 4 heteroatoms. The van der Waals surface area contributed by atoms with Crippen molar-refractivity contribution in [1.82, 2.24) is 14.7 Å². The zero-order chi connectivity index (χ0) is 9.26. The first-order chi connectivity index (χ1) is 6.31. The molecule has 1 aliphatic rings. The molecule has 1 aromatic heterocycles. The number of aromatic hydroxyl groups is 1. The molecule has 13 heavy (non-hydrogen) atoms. The summed E-state index contributed by atoms with van der Waals surface area (Å²) in [4.78, 5) is 2.37. The standard InChI is InChI=1S/C9H15N3O/c1-2-11-5-3-4-9(11)12-7-8(13)6-10-12/h6-7,9,13H,2-5H2,1H3. The van der Waals surface area contributed by atoms with Crippen LogP contribution in [0.4, 0.5) is 0 Å². The van der Waals surface area contributed by atoms with Gasteiger partial charge in [-0.15, -0.1) is 0 Å². The third-order valence-electron chi connectivity index (χ3n) is 2.63. The number of hydrogen-bond donors (Lipinski definition) is 1. The second-order valence-corrected chi connectivity index (χ2v) is 3.43. The van der Waals surface area contributed by atoms with E-state index in [0.29, 0.717) is 6.17 Å². The summed E-state index contributed by atoms with van der Waals surface area (Å²) in [6.45, 7) is 4.34. The maximum Gasteiger partial charge on any atom is 0.153 e. The van der Waals surface area contributed by atoms with Crippen LogP contribution in [0.1, 0.15) is 25.9 Å². The molecular weight excluding hydrogens is 166 g/mol. The molecule has 4 nitrogen and oxygen atoms in total. The Labute approximate surface area is 77.8 Å². The number of hydrogen-bond acceptors (Lipinski definition) is 3. The van der Waals surface area contributed by atoms with E-state index in [1.165, 1.54) is 12.6 Å². The van der Waals surface area contributed by atoms with Crippen molar-refractivity contribution in [2.24, 2.45) is 0 Å². The SMILES string of the molecule is CCN1CCCC1n1cc(O)cn1. The summed E-state index contributed by atoms with van der Waals surface area (Å²) < 4.78 is 1.85. The third kappa shape index (κ3) is 1.54. The van der Waals surface area contributed by atoms with Crippen molar-refractivity contribution >= 4 is 0 Å². The Kier molecular flexibility index (Phi) is 2.22. The van der Waals surface area contributed by atoms with Gasteiger partial charge in [-0.3, -0.25) is 9.58 Å². The highest BCUT2D eigenvalue weighted by Crippen LogP contribution is 2.26. The summed E-state index contributed by atoms with van der Waals surface area (Å²) in [6.07, 6.45) is 5.89. The molecule has 1 atom stereocenters. The predicted octanol–water partition coefficient (Wildman–Crippen LogP) is 1.20. The Balaban J connectivity index is 2.15. The smallest absolute Gasteiger partial charge is 0.153 e. The molecule has 2 rings (SSSR count). The fourth-order valence-corrected chi connectivity index (χ4v) is 1.97. The van der Waals surface area contributed by atoms with Gasteiger partial charge in [0.1, 0.15) is 6.17 Å². The minimum atomic E-state index is 0.253. The first kappa shape index (κ1) is 8.56. The van der Waals surface area contributed by atoms with Crippen molar-refractivity contribution in [3.63, 3.8) is 0 Å². The van der Waals surface area contributed by atoms with Gasteiger partial charge >= 0.3 is 0 Å². The summed E-state index contributed by atoms with van der Waals surface area (Å²) in [7, 11) is 0. The van der Waals surface area contributed by atoms with Gasteiger partial charge in [-0.1, -0.05) is 6.92 Å². The molecule has 0 radical (unpaired) electrons. The zero-order valence-electron chi connectivity index (χ0n) is 7.85. The van der Waals surface area contributed by atoms with Gasteiger partial charge in [-0.05, 0) is 19.4 Å². The second-order valence-electron chi connectivity index (χ2n) is 3.43. The minimum absolute atomic E-state index is 0.253. The number of nitrogens with zero attached hydrogens (tertiary/aromatic N) is 3. The summed E-state index contributed by atoms with van der Waals surface area (Å²) in [5.41, 5.74) is 0. The van der Waals surface area contributed by atoms with Gasteiger partial charge in [0.25, 0.3) is 0 Å². The van der Waals surface area contributed by atoms with Crippen molar-refractivity contribution in [3.05, 3.63) is 12.4 Å². The van der Waals surface area contributed by atoms with Crippen molar-refractivity contribution in [2.75, 3.05) is 13.1 Å². The second kappa shape index (κ2) is 3.38. The maximum absolute atomic E-state index is 9.17. The molecule has 2 heterocycles. The summed E-state index contributed by atoms with van der Waals surface area (Å²) >= 11 is 0. The van der Waals surface area contributed by atoms with Crippen LogP contribution in [0.5, 0.6) is 5.75 Å². The van der Waals surface area contributed by atoms with E-state index in [9.17, 15) is 5.11 Å². The van der Waals surface area contributed by atoms with E-state index < -0.39 is 0 Å². The minimum Gasteiger partial charge on any atom is -0.505 e. The predicted molar refractivity (Wildman–Crippen MR) is 49.4 cm³/mol. The molecule has 0 saturated carbocycles. The van der Waals surface area contributed by atoms with Crippen molar-refractivity contribution in [1.29, 1.82) is 0 Å². The Morgan fingerprint density at radius 1 is 1.69 bits per heavy atom. The average Bonchev–Trinajstić information content (AvgIpc) is 2.71. The van der Waals surface area contributed by atoms with Crippen LogP contribution in [-0.2, 0) is 0 Å². The molecular formula is C9H15N3O. The van der Waals surface area contributed by atoms with Gasteiger partial charge in [-0.2, -0.15) is 5.10 Å². The molecule has 72 valence electrons. The lowest BCUT2D eigenvalue weighted by atomic mass is 10.3. The van der Waals surface area contributed by atoms with Crippen LogP contribution in [0.2, 0.25) is 0 Å². The molecule has 1 fully saturated rings. The van der Waals surface area contributed by atoms with Crippen LogP contribution in [0.3, 0.4) is 0 Å². The average molecular weight is 181 g/mol. The van der Waals surface area contributed by atoms with Gasteiger partial charge in [-0.25, -0.2) is 0 Å². The molecule has 1 aliphatic heterocycles. The van der Waals surface area contributed by atoms with Crippen molar-refractivity contribution < 1.29 is 5.11 Å². The molecule has 1 saturated heterocycles. The van der Waals surface area contributed by atoms with Gasteiger partial charge in [0.2, 0.25) is 0 Å². The highest BCUT2D eigenvalue weighted by Gasteiger charge is 2.24. The van der Waals surface area contributed by atoms with E-state index in [4.69, 9.17) is 0 Å². The van der Waals surface area contributed by atoms with Crippen molar-refractivity contribution in [2.45, 2.75) is 25.9 Å². The first-order valence-corrected chi connectivity index (χ1v) is 4.78. The van der Waals surface area contributed by atoms with Crippen LogP contribution in [0.15, 0.2) is 12.4 Å². The van der Waals surface area contributed by atoms with E-state index in [0.717, 1.165) is 19.5 Å². The van der Waals surface area contributed by atoms with E-state index in [2.05, 4.69) is 16.9 Å². The quantitative estimate of drug-likeness (QED) is 0.745. The van der Waals surface area contributed by atoms with Crippen LogP contribution < -0.4 is 0 Å². The monoisotopic (exact) mass is 181 g/mol. The fraction of sp³-hybridized carbons (Fsp3) is 0.667. The highest BCUT2D eigenvalue weighted by atomic mass is 16.3. The van der Waals surface area contributed by atoms with Gasteiger partial charge < -0.3 is 5.11 Å². The Bertz CT molecular complexity index is 284. The van der Waals surface area contributed by atoms with Gasteiger partial charge in [0.15, 0.2) is 5.75 Å². The Morgan fingerprint density at radius 3 is 3.15 bits per heavy atom. The highest BCUT2D eigenvalue weighted by molar-refractivity contribution is 5.09. The normalized spacial score (nSPS) is 23.9. The molecule has 0 spiro atoms.